The maximum absolute atomic E-state index is 4.89. The summed E-state index contributed by atoms with van der Waals surface area (Å²) in [5.74, 6) is 0.476. The van der Waals surface area contributed by atoms with E-state index < -0.39 is 0 Å². The fourth-order valence-corrected chi connectivity index (χ4v) is 5.74. The molecule has 3 rings (SSSR count). The molecular formula is C24H33N2S+. The molecule has 27 heavy (non-hydrogen) atoms. The van der Waals surface area contributed by atoms with Gasteiger partial charge >= 0.3 is 0 Å². The zero-order valence-electron chi connectivity index (χ0n) is 18.3. The molecule has 3 aromatic rings. The molecule has 0 unspecified atom stereocenters. The van der Waals surface area contributed by atoms with Gasteiger partial charge in [-0.15, -0.1) is 11.3 Å². The van der Waals surface area contributed by atoms with Crippen molar-refractivity contribution in [3.8, 4) is 11.3 Å². The number of aromatic nitrogens is 2. The Morgan fingerprint density at radius 1 is 1.11 bits per heavy atom. The number of fused-ring (bicyclic) bond motifs is 1. The molecule has 0 fully saturated rings. The first-order valence-corrected chi connectivity index (χ1v) is 10.7. The van der Waals surface area contributed by atoms with E-state index in [1.54, 1.807) is 0 Å². The van der Waals surface area contributed by atoms with Crippen LogP contribution < -0.4 is 4.57 Å². The van der Waals surface area contributed by atoms with E-state index in [2.05, 4.69) is 79.1 Å². The summed E-state index contributed by atoms with van der Waals surface area (Å²) in [6.07, 6.45) is 3.09. The lowest BCUT2D eigenvalue weighted by atomic mass is 9.88. The Labute approximate surface area is 168 Å². The third-order valence-corrected chi connectivity index (χ3v) is 6.46. The Balaban J connectivity index is 2.38. The molecule has 0 bridgehead atoms. The van der Waals surface area contributed by atoms with Crippen molar-refractivity contribution < 1.29 is 4.57 Å². The van der Waals surface area contributed by atoms with E-state index in [1.807, 2.05) is 17.7 Å². The zero-order valence-corrected chi connectivity index (χ0v) is 19.1. The molecule has 1 aromatic carbocycles. The van der Waals surface area contributed by atoms with Crippen LogP contribution in [0.5, 0.6) is 0 Å². The minimum atomic E-state index is 0.267. The molecule has 0 atom stereocenters. The number of hydrogen-bond acceptors (Lipinski definition) is 2. The Morgan fingerprint density at radius 3 is 2.37 bits per heavy atom. The van der Waals surface area contributed by atoms with Gasteiger partial charge in [0.05, 0.1) is 7.05 Å². The summed E-state index contributed by atoms with van der Waals surface area (Å²) in [4.78, 5) is 6.38. The van der Waals surface area contributed by atoms with Gasteiger partial charge in [0.1, 0.15) is 4.70 Å². The van der Waals surface area contributed by atoms with Crippen molar-refractivity contribution in [2.45, 2.75) is 67.7 Å². The maximum atomic E-state index is 4.89. The SMILES string of the molecule is Cc1cc(C)c(C)c(-c2c3sc(CC(C)(C)C)c(C(C)C)c3nc[n+]2C)c1. The Bertz CT molecular complexity index is 1000. The molecule has 0 N–H and O–H groups in total. The highest BCUT2D eigenvalue weighted by Crippen LogP contribution is 2.42. The standard InChI is InChI=1S/C24H33N2S/c1-14(2)20-19(12-24(6,7)8)27-23-21(20)25-13-26(9)22(23)18-11-15(3)10-16(4)17(18)5/h10-11,13-14H,12H2,1-9H3/q+1. The highest BCUT2D eigenvalue weighted by molar-refractivity contribution is 7.19. The van der Waals surface area contributed by atoms with Gasteiger partial charge in [0, 0.05) is 16.0 Å². The van der Waals surface area contributed by atoms with Crippen molar-refractivity contribution in [2.75, 3.05) is 0 Å². The quantitative estimate of drug-likeness (QED) is 0.478. The van der Waals surface area contributed by atoms with E-state index in [0.717, 1.165) is 6.42 Å². The molecule has 0 saturated heterocycles. The monoisotopic (exact) mass is 381 g/mol. The molecule has 2 heterocycles. The summed E-state index contributed by atoms with van der Waals surface area (Å²) in [7, 11) is 2.12. The number of thiophene rings is 1. The predicted octanol–water partition coefficient (Wildman–Crippen LogP) is 6.43. The van der Waals surface area contributed by atoms with Gasteiger partial charge in [-0.1, -0.05) is 46.2 Å². The van der Waals surface area contributed by atoms with Gasteiger partial charge in [-0.3, -0.25) is 0 Å². The number of nitrogens with zero attached hydrogens (tertiary/aromatic N) is 2. The van der Waals surface area contributed by atoms with Gasteiger partial charge in [-0.25, -0.2) is 4.57 Å². The minimum Gasteiger partial charge on any atom is -0.231 e. The number of rotatable bonds is 3. The van der Waals surface area contributed by atoms with E-state index in [-0.39, 0.29) is 5.41 Å². The molecule has 0 aliphatic rings. The lowest BCUT2D eigenvalue weighted by Gasteiger charge is -2.18. The van der Waals surface area contributed by atoms with Crippen molar-refractivity contribution in [3.63, 3.8) is 0 Å². The zero-order chi connectivity index (χ0) is 20.1. The average Bonchev–Trinajstić information content (AvgIpc) is 2.87. The molecule has 0 spiro atoms. The van der Waals surface area contributed by atoms with Gasteiger partial charge in [0.25, 0.3) is 6.33 Å². The van der Waals surface area contributed by atoms with Gasteiger partial charge < -0.3 is 0 Å². The second-order valence-electron chi connectivity index (χ2n) is 9.47. The molecule has 0 aliphatic carbocycles. The van der Waals surface area contributed by atoms with Crippen LogP contribution in [0.25, 0.3) is 21.5 Å². The lowest BCUT2D eigenvalue weighted by molar-refractivity contribution is -0.662. The lowest BCUT2D eigenvalue weighted by Crippen LogP contribution is -2.31. The Hall–Kier alpha value is -1.74. The summed E-state index contributed by atoms with van der Waals surface area (Å²) >= 11 is 1.95. The van der Waals surface area contributed by atoms with E-state index in [1.165, 1.54) is 48.6 Å². The minimum absolute atomic E-state index is 0.267. The number of aryl methyl sites for hydroxylation is 3. The molecule has 2 nitrogen and oxygen atoms in total. The number of hydrogen-bond donors (Lipinski definition) is 0. The van der Waals surface area contributed by atoms with Crippen LogP contribution >= 0.6 is 11.3 Å². The van der Waals surface area contributed by atoms with Crippen molar-refractivity contribution in [1.29, 1.82) is 0 Å². The van der Waals surface area contributed by atoms with Crippen molar-refractivity contribution in [3.05, 3.63) is 45.6 Å². The third kappa shape index (κ3) is 3.80. The predicted molar refractivity (Wildman–Crippen MR) is 118 cm³/mol. The largest absolute Gasteiger partial charge is 0.287 e. The average molecular weight is 382 g/mol. The van der Waals surface area contributed by atoms with E-state index >= 15 is 0 Å². The fraction of sp³-hybridized carbons (Fsp3) is 0.500. The van der Waals surface area contributed by atoms with Gasteiger partial charge in [0.2, 0.25) is 5.52 Å². The van der Waals surface area contributed by atoms with Crippen molar-refractivity contribution in [1.82, 2.24) is 4.98 Å². The number of benzene rings is 1. The summed E-state index contributed by atoms with van der Waals surface area (Å²) in [6.45, 7) is 18.2. The maximum Gasteiger partial charge on any atom is 0.287 e. The fourth-order valence-electron chi connectivity index (χ4n) is 3.94. The molecule has 0 amide bonds. The smallest absolute Gasteiger partial charge is 0.231 e. The molecular weight excluding hydrogens is 348 g/mol. The molecule has 0 saturated carbocycles. The van der Waals surface area contributed by atoms with Crippen LogP contribution in [-0.2, 0) is 13.5 Å². The summed E-state index contributed by atoms with van der Waals surface area (Å²) < 4.78 is 3.53. The molecule has 0 aliphatic heterocycles. The van der Waals surface area contributed by atoms with Crippen LogP contribution in [0.1, 0.15) is 67.7 Å². The first kappa shape index (κ1) is 20.0. The molecule has 0 radical (unpaired) electrons. The van der Waals surface area contributed by atoms with Crippen LogP contribution in [0, 0.1) is 26.2 Å². The van der Waals surface area contributed by atoms with E-state index in [9.17, 15) is 0 Å². The van der Waals surface area contributed by atoms with Crippen LogP contribution in [-0.4, -0.2) is 4.98 Å². The van der Waals surface area contributed by atoms with Crippen LogP contribution in [0.2, 0.25) is 0 Å². The Morgan fingerprint density at radius 2 is 1.78 bits per heavy atom. The van der Waals surface area contributed by atoms with E-state index in [4.69, 9.17) is 4.98 Å². The van der Waals surface area contributed by atoms with Crippen LogP contribution in [0.3, 0.4) is 0 Å². The van der Waals surface area contributed by atoms with Gasteiger partial charge in [-0.2, -0.15) is 0 Å². The summed E-state index contributed by atoms with van der Waals surface area (Å²) in [5.41, 5.74) is 9.56. The first-order chi connectivity index (χ1) is 12.5. The normalized spacial score (nSPS) is 12.4. The molecule has 144 valence electrons. The Kier molecular flexibility index (Phi) is 5.20. The van der Waals surface area contributed by atoms with Crippen LogP contribution in [0.15, 0.2) is 18.5 Å². The van der Waals surface area contributed by atoms with Gasteiger partial charge in [0.15, 0.2) is 5.69 Å². The molecule has 3 heteroatoms. The summed E-state index contributed by atoms with van der Waals surface area (Å²) in [5, 5.41) is 0. The topological polar surface area (TPSA) is 16.8 Å². The van der Waals surface area contributed by atoms with Crippen molar-refractivity contribution in [2.24, 2.45) is 12.5 Å². The second-order valence-corrected chi connectivity index (χ2v) is 10.6. The van der Waals surface area contributed by atoms with E-state index in [0.29, 0.717) is 5.92 Å². The second kappa shape index (κ2) is 7.01. The molecule has 2 aromatic heterocycles. The van der Waals surface area contributed by atoms with Crippen LogP contribution in [0.4, 0.5) is 0 Å². The highest BCUT2D eigenvalue weighted by atomic mass is 32.1. The summed E-state index contributed by atoms with van der Waals surface area (Å²) in [6, 6.07) is 4.60. The van der Waals surface area contributed by atoms with Crippen molar-refractivity contribution >= 4 is 21.6 Å². The third-order valence-electron chi connectivity index (χ3n) is 5.26. The first-order valence-electron chi connectivity index (χ1n) is 9.87. The highest BCUT2D eigenvalue weighted by Gasteiger charge is 2.28. The van der Waals surface area contributed by atoms with Gasteiger partial charge in [-0.05, 0) is 60.7 Å².